The molecule has 6 fully saturated rings. The van der Waals surface area contributed by atoms with Crippen LogP contribution in [-0.2, 0) is 28.8 Å². The average molecular weight is 935 g/mol. The molecule has 8 rings (SSSR count). The van der Waals surface area contributed by atoms with Gasteiger partial charge in [-0.1, -0.05) is 39.8 Å². The number of alkyl halides is 4. The van der Waals surface area contributed by atoms with Gasteiger partial charge in [-0.05, 0) is 157 Å². The molecule has 8 aliphatic rings. The molecule has 0 bridgehead atoms. The summed E-state index contributed by atoms with van der Waals surface area (Å²) in [6.45, 7) is 9.85. The molecule has 4 unspecified atom stereocenters. The topological polar surface area (TPSA) is 183 Å². The number of hydrogen-bond donors (Lipinski definition) is 4. The molecule has 0 aromatic rings. The monoisotopic (exact) mass is 934 g/mol. The minimum absolute atomic E-state index is 0.0613. The van der Waals surface area contributed by atoms with Crippen LogP contribution < -0.4 is 0 Å². The first-order chi connectivity index (χ1) is 29.7. The first kappa shape index (κ1) is 47.4. The molecule has 0 radical (unpaired) electrons. The van der Waals surface area contributed by atoms with Gasteiger partial charge in [-0.3, -0.25) is 28.8 Å². The number of ketones is 2. The van der Waals surface area contributed by atoms with Gasteiger partial charge in [-0.25, -0.2) is 17.6 Å². The van der Waals surface area contributed by atoms with Crippen molar-refractivity contribution in [3.63, 3.8) is 0 Å². The Morgan fingerprint density at radius 3 is 1.30 bits per heavy atom. The van der Waals surface area contributed by atoms with Crippen molar-refractivity contribution in [2.75, 3.05) is 0 Å². The Bertz CT molecular complexity index is 2080. The van der Waals surface area contributed by atoms with Crippen molar-refractivity contribution in [2.24, 2.45) is 68.0 Å². The third-order valence-electron chi connectivity index (χ3n) is 19.4. The zero-order valence-electron chi connectivity index (χ0n) is 36.9. The van der Waals surface area contributed by atoms with E-state index in [1.54, 1.807) is 27.7 Å². The molecule has 4 N–H and O–H groups in total. The molecule has 64 heavy (non-hydrogen) atoms. The Labute approximate surface area is 378 Å². The van der Waals surface area contributed by atoms with E-state index in [9.17, 15) is 39.6 Å². The van der Waals surface area contributed by atoms with Crippen molar-refractivity contribution >= 4 is 55.3 Å². The lowest BCUT2D eigenvalue weighted by molar-refractivity contribution is -0.211. The fourth-order valence-electron chi connectivity index (χ4n) is 16.3. The summed E-state index contributed by atoms with van der Waals surface area (Å²) in [5.41, 5.74) is -14.2. The molecule has 10 nitrogen and oxygen atoms in total. The summed E-state index contributed by atoms with van der Waals surface area (Å²) < 4.78 is 68.6. The second-order valence-electron chi connectivity index (χ2n) is 21.5. The summed E-state index contributed by atoms with van der Waals surface area (Å²) >= 11 is 0. The number of carboxylic acid groups (broad SMARTS) is 2. The van der Waals surface area contributed by atoms with Crippen molar-refractivity contribution in [1.29, 1.82) is 0 Å². The number of halogens is 4. The molecule has 0 spiro atoms. The molecule has 0 aromatic heterocycles. The van der Waals surface area contributed by atoms with E-state index in [0.717, 1.165) is 12.2 Å². The van der Waals surface area contributed by atoms with Crippen LogP contribution in [0.1, 0.15) is 106 Å². The van der Waals surface area contributed by atoms with Gasteiger partial charge >= 0.3 is 11.9 Å². The van der Waals surface area contributed by atoms with Gasteiger partial charge in [-0.15, -0.1) is 0 Å². The molecule has 350 valence electrons. The van der Waals surface area contributed by atoms with Crippen molar-refractivity contribution in [2.45, 2.75) is 142 Å². The minimum atomic E-state index is -2.45. The van der Waals surface area contributed by atoms with Crippen molar-refractivity contribution in [1.82, 2.24) is 0 Å². The lowest BCUT2D eigenvalue weighted by atomic mass is 9.43. The molecule has 0 heterocycles. The van der Waals surface area contributed by atoms with Crippen LogP contribution in [0.5, 0.6) is 0 Å². The highest BCUT2D eigenvalue weighted by molar-refractivity contribution is 8.87. The minimum Gasteiger partial charge on any atom is -0.481 e. The predicted molar refractivity (Wildman–Crippen MR) is 230 cm³/mol. The number of allylic oxidation sites excluding steroid dienone is 8. The average Bonchev–Trinajstić information content (AvgIpc) is 3.57. The van der Waals surface area contributed by atoms with Gasteiger partial charge in [0.1, 0.15) is 12.3 Å². The molecule has 0 aromatic carbocycles. The summed E-state index contributed by atoms with van der Waals surface area (Å²) in [6.07, 6.45) is -2.34. The number of aliphatic carboxylic acids is 2. The molecule has 0 saturated heterocycles. The van der Waals surface area contributed by atoms with Crippen LogP contribution in [0, 0.1) is 68.0 Å². The van der Waals surface area contributed by atoms with Crippen LogP contribution in [0.4, 0.5) is 17.6 Å². The SMILES string of the molecule is C[C@@H]1CC2C3C[C@H](F)C4=CC(=O)C=C[C@]4(C)[C@@]3(F)[C@@H](O)C[C@]2(C)[C@]1(CCC(=O)O)C(=O)SSC(=O)[C@@]1(CCC(=O)O)[C@@H](C)CC2C3C[C@@H](F)C4=CC(=O)C=C[C@]4(C)[C@]3(F)[C@H](O)C[C@@]21C. The zero-order chi connectivity index (χ0) is 47.1. The number of rotatable bonds is 8. The van der Waals surface area contributed by atoms with Gasteiger partial charge in [0.15, 0.2) is 22.9 Å². The number of aliphatic hydroxyl groups is 2. The predicted octanol–water partition coefficient (Wildman–Crippen LogP) is 8.25. The van der Waals surface area contributed by atoms with Gasteiger partial charge < -0.3 is 20.4 Å². The highest BCUT2D eigenvalue weighted by atomic mass is 33.1. The maximum atomic E-state index is 18.1. The number of fused-ring (bicyclic) bond motifs is 10. The van der Waals surface area contributed by atoms with Crippen molar-refractivity contribution in [3.8, 4) is 0 Å². The third kappa shape index (κ3) is 5.84. The first-order valence-corrected chi connectivity index (χ1v) is 24.6. The largest absolute Gasteiger partial charge is 0.481 e. The van der Waals surface area contributed by atoms with Gasteiger partial charge in [0.25, 0.3) is 0 Å². The molecular weight excluding hydrogens is 877 g/mol. The summed E-state index contributed by atoms with van der Waals surface area (Å²) in [7, 11) is 1.14. The smallest absolute Gasteiger partial charge is 0.303 e. The highest BCUT2D eigenvalue weighted by Crippen LogP contribution is 2.77. The number of aliphatic hydroxyl groups excluding tert-OH is 2. The molecule has 0 aliphatic heterocycles. The standard InChI is InChI=1S/C48H58F4O10S2/c1-23-15-27-29-19-33(49)31-17-25(53)7-11-41(31,3)47(29,51)35(55)21-43(27,5)45(23,13-9-37(57)58)39(61)63-64-40(62)46(14-10-38(59)60)24(2)16-28-30-20-34(50)32-18-26(54)8-12-42(32,4)48(30,52)36(56)22-44(28,46)6/h7-8,11-12,17-18,23-24,27-30,33-36,55-56H,9-10,13-16,19-22H2,1-6H3,(H,57,58)(H,59,60)/t23-,24+,27?,28?,29?,30?,33+,34-,35+,36-,41-,42-,43-,44-,45+,46-,47+,48-/m0/s1. The van der Waals surface area contributed by atoms with Crippen molar-refractivity contribution < 1.29 is 66.8 Å². The van der Waals surface area contributed by atoms with Crippen LogP contribution in [0.2, 0.25) is 0 Å². The lowest BCUT2D eigenvalue weighted by Crippen LogP contribution is -2.69. The molecule has 18 atom stereocenters. The van der Waals surface area contributed by atoms with E-state index in [0.29, 0.717) is 21.6 Å². The molecular formula is C48H58F4O10S2. The molecule has 8 aliphatic carbocycles. The Balaban J connectivity index is 1.14. The summed E-state index contributed by atoms with van der Waals surface area (Å²) in [5, 5.41) is 42.9. The third-order valence-corrected chi connectivity index (χ3v) is 21.6. The summed E-state index contributed by atoms with van der Waals surface area (Å²) in [5.74, 6) is -8.45. The van der Waals surface area contributed by atoms with Crippen LogP contribution in [-0.4, -0.2) is 90.1 Å². The quantitative estimate of drug-likeness (QED) is 0.135. The molecule has 6 saturated carbocycles. The van der Waals surface area contributed by atoms with E-state index < -0.39 is 150 Å². The normalized spacial score (nSPS) is 49.9. The Morgan fingerprint density at radius 1 is 0.625 bits per heavy atom. The van der Waals surface area contributed by atoms with E-state index in [1.165, 1.54) is 38.2 Å². The second kappa shape index (κ2) is 15.2. The van der Waals surface area contributed by atoms with E-state index in [2.05, 4.69) is 0 Å². The van der Waals surface area contributed by atoms with E-state index in [-0.39, 0.29) is 62.5 Å². The summed E-state index contributed by atoms with van der Waals surface area (Å²) in [4.78, 5) is 79.8. The number of carbonyl (C=O) groups is 6. The maximum Gasteiger partial charge on any atom is 0.303 e. The van der Waals surface area contributed by atoms with Crippen LogP contribution in [0.15, 0.2) is 47.6 Å². The lowest BCUT2D eigenvalue weighted by Gasteiger charge is -2.64. The van der Waals surface area contributed by atoms with Crippen LogP contribution >= 0.6 is 21.6 Å². The number of carbonyl (C=O) groups excluding carboxylic acids is 4. The second-order valence-corrected chi connectivity index (χ2v) is 23.5. The van der Waals surface area contributed by atoms with Crippen LogP contribution in [0.3, 0.4) is 0 Å². The first-order valence-electron chi connectivity index (χ1n) is 22.5. The fourth-order valence-corrected chi connectivity index (χ4v) is 19.1. The van der Waals surface area contributed by atoms with Gasteiger partial charge in [0.05, 0.1) is 12.2 Å². The van der Waals surface area contributed by atoms with Crippen LogP contribution in [0.25, 0.3) is 0 Å². The zero-order valence-corrected chi connectivity index (χ0v) is 38.5. The van der Waals surface area contributed by atoms with Gasteiger partial charge in [-0.2, -0.15) is 0 Å². The number of carboxylic acids is 2. The molecule has 16 heteroatoms. The van der Waals surface area contributed by atoms with E-state index >= 15 is 27.2 Å². The molecule has 0 amide bonds. The Morgan fingerprint density at radius 2 is 0.969 bits per heavy atom. The van der Waals surface area contributed by atoms with E-state index in [1.807, 2.05) is 0 Å². The summed E-state index contributed by atoms with van der Waals surface area (Å²) in [6, 6.07) is 0. The fraction of sp³-hybridized carbons (Fsp3) is 0.708. The number of hydrogen-bond acceptors (Lipinski definition) is 10. The highest BCUT2D eigenvalue weighted by Gasteiger charge is 2.79. The van der Waals surface area contributed by atoms with Crippen molar-refractivity contribution in [3.05, 3.63) is 47.6 Å². The Hall–Kier alpha value is -3.08. The van der Waals surface area contributed by atoms with E-state index in [4.69, 9.17) is 0 Å². The van der Waals surface area contributed by atoms with Gasteiger partial charge in [0, 0.05) is 46.3 Å². The Kier molecular flexibility index (Phi) is 11.3. The van der Waals surface area contributed by atoms with Gasteiger partial charge in [0.2, 0.25) is 10.2 Å². The maximum absolute atomic E-state index is 18.1.